The number of nitrogens with one attached hydrogen (secondary N) is 1. The lowest BCUT2D eigenvalue weighted by Gasteiger charge is -2.34. The maximum atomic E-state index is 13.8. The monoisotopic (exact) mass is 408 g/mol. The minimum absolute atomic E-state index is 0.230. The standard InChI is InChI=1S/C23H24N2O5/c1-12(2)13-8-9-14-18(11-13)30-23(28)15-5-3-6-16(24)19(15)20(26)22(14,23)25-21(27)17-7-4-10-29-17/h4-5,8-12,17,28H,3,6-7,24H2,1-2H3,(H,25,27). The van der Waals surface area contributed by atoms with E-state index in [1.165, 1.54) is 6.26 Å². The van der Waals surface area contributed by atoms with Gasteiger partial charge in [-0.2, -0.15) is 0 Å². The minimum atomic E-state index is -2.07. The summed E-state index contributed by atoms with van der Waals surface area (Å²) in [4.78, 5) is 26.8. The quantitative estimate of drug-likeness (QED) is 0.706. The molecule has 2 heterocycles. The molecule has 0 bridgehead atoms. The van der Waals surface area contributed by atoms with Gasteiger partial charge in [0, 0.05) is 28.8 Å². The number of allylic oxidation sites excluding steroid dienone is 2. The first kappa shape index (κ1) is 18.9. The van der Waals surface area contributed by atoms with Gasteiger partial charge in [0.15, 0.2) is 6.10 Å². The number of carbonyl (C=O) groups is 2. The van der Waals surface area contributed by atoms with Crippen molar-refractivity contribution in [1.82, 2.24) is 5.32 Å². The van der Waals surface area contributed by atoms with Crippen LogP contribution in [0.1, 0.15) is 50.2 Å². The average molecular weight is 408 g/mol. The largest absolute Gasteiger partial charge is 0.488 e. The molecule has 1 amide bonds. The fourth-order valence-electron chi connectivity index (χ4n) is 4.81. The van der Waals surface area contributed by atoms with Gasteiger partial charge in [0.2, 0.25) is 11.3 Å². The van der Waals surface area contributed by atoms with Crippen molar-refractivity contribution in [3.8, 4) is 5.75 Å². The van der Waals surface area contributed by atoms with Crippen LogP contribution in [0.2, 0.25) is 0 Å². The van der Waals surface area contributed by atoms with E-state index in [9.17, 15) is 14.7 Å². The molecule has 1 aromatic rings. The number of benzene rings is 1. The van der Waals surface area contributed by atoms with Crippen molar-refractivity contribution in [2.45, 2.75) is 56.5 Å². The first-order valence-corrected chi connectivity index (χ1v) is 10.2. The molecule has 2 aliphatic carbocycles. The molecule has 0 aromatic heterocycles. The normalized spacial score (nSPS) is 31.1. The number of fused-ring (bicyclic) bond motifs is 5. The zero-order valence-electron chi connectivity index (χ0n) is 16.9. The molecule has 4 N–H and O–H groups in total. The number of ketones is 1. The number of amides is 1. The van der Waals surface area contributed by atoms with Gasteiger partial charge in [0.05, 0.1) is 6.26 Å². The molecular weight excluding hydrogens is 384 g/mol. The summed E-state index contributed by atoms with van der Waals surface area (Å²) in [6.45, 7) is 4.09. The van der Waals surface area contributed by atoms with Crippen molar-refractivity contribution >= 4 is 11.7 Å². The van der Waals surface area contributed by atoms with Gasteiger partial charge < -0.3 is 25.6 Å². The molecule has 7 heteroatoms. The Bertz CT molecular complexity index is 1060. The number of hydrogen-bond acceptors (Lipinski definition) is 6. The maximum Gasteiger partial charge on any atom is 0.270 e. The van der Waals surface area contributed by atoms with E-state index in [4.69, 9.17) is 15.2 Å². The summed E-state index contributed by atoms with van der Waals surface area (Å²) in [5.41, 5.74) is 6.76. The van der Waals surface area contributed by atoms with Crippen molar-refractivity contribution in [3.05, 3.63) is 64.6 Å². The summed E-state index contributed by atoms with van der Waals surface area (Å²) in [5.74, 6) is -2.40. The Balaban J connectivity index is 1.71. The number of ether oxygens (including phenoxy) is 2. The summed E-state index contributed by atoms with van der Waals surface area (Å²) >= 11 is 0. The smallest absolute Gasteiger partial charge is 0.270 e. The Hall–Kier alpha value is -3.06. The molecule has 30 heavy (non-hydrogen) atoms. The summed E-state index contributed by atoms with van der Waals surface area (Å²) in [7, 11) is 0. The fraction of sp³-hybridized carbons (Fsp3) is 0.391. The molecule has 1 saturated carbocycles. The molecule has 1 fully saturated rings. The Morgan fingerprint density at radius 2 is 2.17 bits per heavy atom. The van der Waals surface area contributed by atoms with Crippen molar-refractivity contribution < 1.29 is 24.2 Å². The third kappa shape index (κ3) is 2.24. The number of aliphatic hydroxyl groups is 1. The van der Waals surface area contributed by atoms with E-state index in [2.05, 4.69) is 5.32 Å². The molecule has 156 valence electrons. The van der Waals surface area contributed by atoms with Crippen LogP contribution in [0, 0.1) is 0 Å². The zero-order chi connectivity index (χ0) is 21.3. The molecule has 2 aliphatic heterocycles. The summed E-state index contributed by atoms with van der Waals surface area (Å²) in [6.07, 6.45) is 5.69. The second-order valence-corrected chi connectivity index (χ2v) is 8.51. The van der Waals surface area contributed by atoms with Crippen LogP contribution < -0.4 is 15.8 Å². The molecule has 7 nitrogen and oxygen atoms in total. The van der Waals surface area contributed by atoms with Crippen LogP contribution in [0.4, 0.5) is 0 Å². The van der Waals surface area contributed by atoms with Gasteiger partial charge in [-0.1, -0.05) is 32.1 Å². The number of nitrogens with two attached hydrogens (primary N) is 1. The lowest BCUT2D eigenvalue weighted by molar-refractivity contribution is -0.162. The Morgan fingerprint density at radius 1 is 1.37 bits per heavy atom. The first-order chi connectivity index (χ1) is 14.3. The Kier molecular flexibility index (Phi) is 3.92. The van der Waals surface area contributed by atoms with E-state index in [-0.39, 0.29) is 11.5 Å². The maximum absolute atomic E-state index is 13.8. The van der Waals surface area contributed by atoms with E-state index < -0.39 is 29.1 Å². The Morgan fingerprint density at radius 3 is 2.87 bits per heavy atom. The molecule has 0 saturated heterocycles. The number of hydrogen-bond donors (Lipinski definition) is 3. The highest BCUT2D eigenvalue weighted by Crippen LogP contribution is 2.59. The minimum Gasteiger partial charge on any atom is -0.488 e. The molecule has 0 spiro atoms. The van der Waals surface area contributed by atoms with Crippen LogP contribution >= 0.6 is 0 Å². The van der Waals surface area contributed by atoms with Gasteiger partial charge in [0.1, 0.15) is 5.75 Å². The molecule has 3 unspecified atom stereocenters. The van der Waals surface area contributed by atoms with Crippen molar-refractivity contribution in [2.75, 3.05) is 0 Å². The van der Waals surface area contributed by atoms with Crippen molar-refractivity contribution in [3.63, 3.8) is 0 Å². The highest BCUT2D eigenvalue weighted by atomic mass is 16.6. The van der Waals surface area contributed by atoms with Gasteiger partial charge in [-0.15, -0.1) is 0 Å². The Labute approximate surface area is 174 Å². The third-order valence-electron chi connectivity index (χ3n) is 6.42. The van der Waals surface area contributed by atoms with Crippen LogP contribution in [0.15, 0.2) is 53.5 Å². The molecule has 0 radical (unpaired) electrons. The molecule has 1 aromatic carbocycles. The molecule has 5 rings (SSSR count). The van der Waals surface area contributed by atoms with E-state index >= 15 is 0 Å². The first-order valence-electron chi connectivity index (χ1n) is 10.2. The van der Waals surface area contributed by atoms with Crippen LogP contribution in [0.25, 0.3) is 0 Å². The highest BCUT2D eigenvalue weighted by Gasteiger charge is 2.74. The average Bonchev–Trinajstić information content (AvgIpc) is 3.37. The predicted octanol–water partition coefficient (Wildman–Crippen LogP) is 2.02. The van der Waals surface area contributed by atoms with E-state index in [1.54, 1.807) is 18.2 Å². The molecule has 3 atom stereocenters. The van der Waals surface area contributed by atoms with Gasteiger partial charge in [0.25, 0.3) is 11.7 Å². The number of rotatable bonds is 3. The van der Waals surface area contributed by atoms with Gasteiger partial charge in [-0.05, 0) is 36.5 Å². The third-order valence-corrected chi connectivity index (χ3v) is 6.42. The lowest BCUT2D eigenvalue weighted by atomic mass is 9.82. The van der Waals surface area contributed by atoms with E-state index in [0.29, 0.717) is 41.8 Å². The fourth-order valence-corrected chi connectivity index (χ4v) is 4.81. The highest BCUT2D eigenvalue weighted by molar-refractivity contribution is 6.15. The van der Waals surface area contributed by atoms with Crippen molar-refractivity contribution in [2.24, 2.45) is 5.73 Å². The van der Waals surface area contributed by atoms with Gasteiger partial charge in [-0.3, -0.25) is 9.59 Å². The summed E-state index contributed by atoms with van der Waals surface area (Å²) in [6, 6.07) is 5.46. The van der Waals surface area contributed by atoms with Crippen LogP contribution in [0.5, 0.6) is 5.75 Å². The predicted molar refractivity (Wildman–Crippen MR) is 108 cm³/mol. The molecule has 4 aliphatic rings. The lowest BCUT2D eigenvalue weighted by Crippen LogP contribution is -2.63. The van der Waals surface area contributed by atoms with Crippen LogP contribution in [-0.4, -0.2) is 28.7 Å². The van der Waals surface area contributed by atoms with Gasteiger partial charge in [-0.25, -0.2) is 0 Å². The molecular formula is C23H24N2O5. The van der Waals surface area contributed by atoms with Crippen LogP contribution in [-0.2, 0) is 19.9 Å². The zero-order valence-corrected chi connectivity index (χ0v) is 16.9. The van der Waals surface area contributed by atoms with E-state index in [0.717, 1.165) is 5.56 Å². The van der Waals surface area contributed by atoms with Gasteiger partial charge >= 0.3 is 0 Å². The summed E-state index contributed by atoms with van der Waals surface area (Å²) in [5, 5.41) is 14.6. The van der Waals surface area contributed by atoms with E-state index in [1.807, 2.05) is 26.0 Å². The number of Topliss-reactive ketones (excluding diaryl/α,β-unsaturated/α-hetero) is 1. The summed E-state index contributed by atoms with van der Waals surface area (Å²) < 4.78 is 11.4. The number of carbonyl (C=O) groups excluding carboxylic acids is 2. The SMILES string of the molecule is CC(C)c1ccc2c(c1)OC1(O)C3=CCCC(N)=C3C(=O)C21NC(=O)C1CC=CO1. The van der Waals surface area contributed by atoms with Crippen LogP contribution in [0.3, 0.4) is 0 Å². The topological polar surface area (TPSA) is 111 Å². The second-order valence-electron chi connectivity index (χ2n) is 8.51. The second kappa shape index (κ2) is 6.22. The van der Waals surface area contributed by atoms with Crippen molar-refractivity contribution in [1.29, 1.82) is 0 Å².